The summed E-state index contributed by atoms with van der Waals surface area (Å²) in [6.07, 6.45) is 0.351. The minimum atomic E-state index is -1.91. The minimum Gasteiger partial charge on any atom is -0.496 e. The maximum atomic E-state index is 14.5. The Balaban J connectivity index is 1.10. The second kappa shape index (κ2) is 34.2. The molecule has 6 rings (SSSR count). The van der Waals surface area contributed by atoms with E-state index in [4.69, 9.17) is 67.5 Å². The first-order valence-electron chi connectivity index (χ1n) is 31.2. The van der Waals surface area contributed by atoms with Gasteiger partial charge in [-0.25, -0.2) is 19.2 Å². The Morgan fingerprint density at radius 3 is 2.31 bits per heavy atom. The number of nitrogens with one attached hydrogen (secondary N) is 4. The fourth-order valence-electron chi connectivity index (χ4n) is 11.3. The molecule has 4 aliphatic rings. The van der Waals surface area contributed by atoms with E-state index in [9.17, 15) is 53.1 Å². The largest absolute Gasteiger partial charge is 0.496 e. The number of hydrogen-bond donors (Lipinski definition) is 6. The number of methoxy groups -OCH3 is 2. The molecule has 94 heavy (non-hydrogen) atoms. The number of benzene rings is 2. The lowest BCUT2D eigenvalue weighted by molar-refractivity contribution is -0.198. The lowest BCUT2D eigenvalue weighted by atomic mass is 9.83. The van der Waals surface area contributed by atoms with Gasteiger partial charge in [-0.05, 0) is 87.8 Å². The number of carbonyl (C=O) groups excluding carboxylic acids is 10. The molecular weight excluding hydrogens is 1260 g/mol. The molecule has 4 bridgehead atoms. The molecule has 0 spiro atoms. The molecule has 4 heterocycles. The summed E-state index contributed by atoms with van der Waals surface area (Å²) in [6, 6.07) is 5.15. The van der Waals surface area contributed by atoms with Crippen molar-refractivity contribution in [3.05, 3.63) is 81.4 Å². The van der Waals surface area contributed by atoms with Crippen LogP contribution in [0.3, 0.4) is 0 Å². The summed E-state index contributed by atoms with van der Waals surface area (Å²) in [5.74, 6) is -6.26. The van der Waals surface area contributed by atoms with E-state index in [1.807, 2.05) is 45.9 Å². The molecule has 3 saturated heterocycles. The van der Waals surface area contributed by atoms with Crippen molar-refractivity contribution < 1.29 is 91.0 Å². The normalized spacial score (nSPS) is 24.1. The molecule has 2 aromatic carbocycles. The van der Waals surface area contributed by atoms with E-state index in [0.29, 0.717) is 44.9 Å². The molecule has 2 aromatic rings. The average molecular weight is 1350 g/mol. The van der Waals surface area contributed by atoms with E-state index in [1.165, 1.54) is 45.2 Å². The van der Waals surface area contributed by atoms with Crippen LogP contribution in [-0.4, -0.2) is 195 Å². The van der Waals surface area contributed by atoms with E-state index in [0.717, 1.165) is 16.0 Å². The number of Topliss-reactive ketones (excluding diaryl/α,β-unsaturated/α-hetero) is 1. The van der Waals surface area contributed by atoms with E-state index < -0.39 is 125 Å². The number of anilines is 1. The molecule has 0 aliphatic carbocycles. The number of halogens is 1. The number of hydrogen-bond acceptors (Lipinski definition) is 20. The van der Waals surface area contributed by atoms with Gasteiger partial charge in [-0.3, -0.25) is 34.1 Å². The second-order valence-electron chi connectivity index (χ2n) is 24.5. The third kappa shape index (κ3) is 20.2. The second-order valence-corrected chi connectivity index (χ2v) is 25.4. The molecule has 7 N–H and O–H groups in total. The van der Waals surface area contributed by atoms with Crippen molar-refractivity contribution in [2.24, 2.45) is 23.5 Å². The zero-order valence-electron chi connectivity index (χ0n) is 55.1. The molecule has 0 saturated carbocycles. The van der Waals surface area contributed by atoms with Gasteiger partial charge in [0, 0.05) is 78.2 Å². The number of alkyl carbamates (subject to hydrolysis) is 1. The Morgan fingerprint density at radius 2 is 1.65 bits per heavy atom. The molecular formula is C65H89ClN8O19S. The van der Waals surface area contributed by atoms with Crippen molar-refractivity contribution in [1.29, 1.82) is 0 Å². The summed E-state index contributed by atoms with van der Waals surface area (Å²) in [5.41, 5.74) is 5.37. The SMILES string of the molecule is COc1cc(CC(=O)[C@H](CCCNC(N)=O)NC(=O)[C@@H](CC(=S)NCCOCCOCCC(=O)ON2C(=O)CCC2=O)C(C)C)ccc1C(=O)N(C)[C@@H](C)C(=O)O[C@H]1CC(=O)N(C)c2cc(cc(C)c2Cl)C/C(C)=C/C=C/[C@@H](OC)[C@@]2(O)C[C@H](OC(=O)N2)[C@@H](C)[C@@H]2O[C@@]12C. The van der Waals surface area contributed by atoms with Gasteiger partial charge >= 0.3 is 24.1 Å². The molecule has 8 amide bonds. The number of carbonyl (C=O) groups is 10. The highest BCUT2D eigenvalue weighted by molar-refractivity contribution is 7.80. The Morgan fingerprint density at radius 1 is 0.957 bits per heavy atom. The van der Waals surface area contributed by atoms with Crippen molar-refractivity contribution in [2.75, 3.05) is 72.7 Å². The number of allylic oxidation sites excluding steroid dienone is 3. The van der Waals surface area contributed by atoms with Crippen molar-refractivity contribution in [3.8, 4) is 5.75 Å². The molecule has 27 nitrogen and oxygen atoms in total. The molecule has 516 valence electrons. The van der Waals surface area contributed by atoms with Gasteiger partial charge in [0.05, 0.1) is 79.8 Å². The maximum absolute atomic E-state index is 14.5. The van der Waals surface area contributed by atoms with Gasteiger partial charge in [0.15, 0.2) is 11.5 Å². The number of nitrogens with two attached hydrogens (primary N) is 1. The van der Waals surface area contributed by atoms with Gasteiger partial charge < -0.3 is 74.6 Å². The summed E-state index contributed by atoms with van der Waals surface area (Å²) in [4.78, 5) is 139. The van der Waals surface area contributed by atoms with Crippen LogP contribution < -0.4 is 36.6 Å². The predicted molar refractivity (Wildman–Crippen MR) is 346 cm³/mol. The number of fused-ring (bicyclic) bond motifs is 5. The number of rotatable bonds is 28. The van der Waals surface area contributed by atoms with Crippen LogP contribution in [0.5, 0.6) is 5.75 Å². The monoisotopic (exact) mass is 1350 g/mol. The standard InChI is InChI=1S/C65H89ClN8O19S/c1-36(2)44(33-52(94)68-23-25-89-27-26-88-24-21-56(79)93-74-53(76)19-20-54(74)77)59(80)70-45(15-13-22-69-62(67)83)47(75)31-41-17-18-43(48(32-41)86-10)60(81)72(8)40(6)61(82)91-51-34-55(78)73(9)46-30-42(29-38(4)57(46)66)28-37(3)14-12-16-50(87-11)65(85)35-49(90-63(84)71-65)39(5)58-64(51,7)92-58/h12,14,16-18,29-30,32,36,39-40,44-45,49-51,58,85H,13,15,19-28,31,33-35H2,1-11H3,(H,68,94)(H,70,80)(H,71,84)(H3,67,69,83)/b16-12+,37-14+/t39-,40+,44+,45+,49+,50-,51+,58+,64+,65+/m1/s1. The Bertz CT molecular complexity index is 3200. The first kappa shape index (κ1) is 75.4. The van der Waals surface area contributed by atoms with E-state index >= 15 is 0 Å². The summed E-state index contributed by atoms with van der Waals surface area (Å²) in [7, 11) is 5.70. The topological polar surface area (TPSA) is 352 Å². The molecule has 0 radical (unpaired) electrons. The number of ketones is 1. The highest BCUT2D eigenvalue weighted by atomic mass is 35.5. The van der Waals surface area contributed by atoms with Gasteiger partial charge in [0.2, 0.25) is 11.8 Å². The highest BCUT2D eigenvalue weighted by Crippen LogP contribution is 2.49. The number of amides is 8. The lowest BCUT2D eigenvalue weighted by Gasteiger charge is -2.42. The molecule has 10 atom stereocenters. The van der Waals surface area contributed by atoms with Crippen LogP contribution in [0.2, 0.25) is 5.02 Å². The third-order valence-corrected chi connectivity index (χ3v) is 17.9. The first-order chi connectivity index (χ1) is 44.4. The number of aliphatic hydroxyl groups is 1. The number of likely N-dealkylation sites (N-methyl/N-ethyl adjacent to an activating group) is 1. The van der Waals surface area contributed by atoms with Crippen LogP contribution in [-0.2, 0) is 79.7 Å². The quantitative estimate of drug-likeness (QED) is 0.0219. The number of esters is 1. The highest BCUT2D eigenvalue weighted by Gasteiger charge is 2.64. The van der Waals surface area contributed by atoms with E-state index in [1.54, 1.807) is 39.1 Å². The number of imide groups is 1. The zero-order chi connectivity index (χ0) is 69.4. The first-order valence-corrected chi connectivity index (χ1v) is 32.0. The smallest absolute Gasteiger partial charge is 0.409 e. The number of aryl methyl sites for hydroxylation is 1. The number of primary amides is 1. The van der Waals surface area contributed by atoms with Crippen LogP contribution in [0, 0.1) is 24.7 Å². The molecule has 0 unspecified atom stereocenters. The fourth-order valence-corrected chi connectivity index (χ4v) is 11.8. The molecule has 29 heteroatoms. The summed E-state index contributed by atoms with van der Waals surface area (Å²) in [5, 5.41) is 23.8. The van der Waals surface area contributed by atoms with Crippen LogP contribution in [0.1, 0.15) is 120 Å². The predicted octanol–water partition coefficient (Wildman–Crippen LogP) is 4.79. The summed E-state index contributed by atoms with van der Waals surface area (Å²) < 4.78 is 40.7. The Kier molecular flexibility index (Phi) is 27.4. The zero-order valence-corrected chi connectivity index (χ0v) is 56.7. The average Bonchev–Trinajstić information content (AvgIpc) is 1.57. The third-order valence-electron chi connectivity index (χ3n) is 17.1. The van der Waals surface area contributed by atoms with Crippen LogP contribution in [0.25, 0.3) is 0 Å². The van der Waals surface area contributed by atoms with Crippen LogP contribution in [0.4, 0.5) is 15.3 Å². The number of ether oxygens (including phenoxy) is 7. The van der Waals surface area contributed by atoms with Crippen LogP contribution >= 0.6 is 23.8 Å². The van der Waals surface area contributed by atoms with Gasteiger partial charge in [-0.1, -0.05) is 80.5 Å². The molecule has 4 aliphatic heterocycles. The molecule has 3 fully saturated rings. The Hall–Kier alpha value is -7.60. The summed E-state index contributed by atoms with van der Waals surface area (Å²) in [6.45, 7) is 13.3. The summed E-state index contributed by atoms with van der Waals surface area (Å²) >= 11 is 12.5. The van der Waals surface area contributed by atoms with Crippen molar-refractivity contribution >= 4 is 93.9 Å². The molecule has 0 aromatic heterocycles. The Labute approximate surface area is 557 Å². The lowest BCUT2D eigenvalue weighted by Crippen LogP contribution is -2.63. The van der Waals surface area contributed by atoms with Gasteiger partial charge in [0.25, 0.3) is 17.7 Å². The number of urea groups is 1. The van der Waals surface area contributed by atoms with Crippen molar-refractivity contribution in [2.45, 2.75) is 160 Å². The van der Waals surface area contributed by atoms with Crippen LogP contribution in [0.15, 0.2) is 54.1 Å². The van der Waals surface area contributed by atoms with Gasteiger partial charge in [-0.2, -0.15) is 0 Å². The van der Waals surface area contributed by atoms with E-state index in [2.05, 4.69) is 21.3 Å². The van der Waals surface area contributed by atoms with Crippen molar-refractivity contribution in [1.82, 2.24) is 31.2 Å². The fraction of sp³-hybridized carbons (Fsp3) is 0.585. The van der Waals surface area contributed by atoms with E-state index in [-0.39, 0.29) is 102 Å². The number of hydroxylamine groups is 2. The van der Waals surface area contributed by atoms with Crippen molar-refractivity contribution in [3.63, 3.8) is 0 Å². The minimum absolute atomic E-state index is 0.00819. The number of nitrogens with zero attached hydrogens (tertiary/aromatic N) is 3. The van der Waals surface area contributed by atoms with Gasteiger partial charge in [-0.15, -0.1) is 5.06 Å². The number of thiocarbonyl (C=S) groups is 1. The number of epoxide rings is 1. The van der Waals surface area contributed by atoms with Gasteiger partial charge in [0.1, 0.15) is 35.7 Å². The maximum Gasteiger partial charge on any atom is 0.409 e.